The summed E-state index contributed by atoms with van der Waals surface area (Å²) in [6.07, 6.45) is 11.0. The normalized spacial score (nSPS) is 36.0. The third-order valence-corrected chi connectivity index (χ3v) is 11.3. The van der Waals surface area contributed by atoms with Crippen LogP contribution in [0.5, 0.6) is 0 Å². The van der Waals surface area contributed by atoms with Crippen LogP contribution in [0.1, 0.15) is 105 Å². The highest BCUT2D eigenvalue weighted by Crippen LogP contribution is 2.67. The first-order valence-electron chi connectivity index (χ1n) is 15.7. The summed E-state index contributed by atoms with van der Waals surface area (Å²) < 4.78 is 0. The van der Waals surface area contributed by atoms with Crippen LogP contribution in [0.4, 0.5) is 0 Å². The van der Waals surface area contributed by atoms with Crippen LogP contribution >= 0.6 is 0 Å². The summed E-state index contributed by atoms with van der Waals surface area (Å²) in [6, 6.07) is -1.90. The zero-order valence-electron chi connectivity index (χ0n) is 25.8. The second kappa shape index (κ2) is 12.5. The molecule has 42 heavy (non-hydrogen) atoms. The van der Waals surface area contributed by atoms with Gasteiger partial charge in [0, 0.05) is 5.41 Å². The molecule has 0 bridgehead atoms. The third kappa shape index (κ3) is 5.88. The number of carboxylic acids is 1. The second-order valence-corrected chi connectivity index (χ2v) is 13.6. The van der Waals surface area contributed by atoms with Crippen molar-refractivity contribution in [1.29, 1.82) is 0 Å². The predicted molar refractivity (Wildman–Crippen MR) is 157 cm³/mol. The first-order valence-corrected chi connectivity index (χ1v) is 15.7. The van der Waals surface area contributed by atoms with Crippen molar-refractivity contribution in [2.45, 2.75) is 123 Å². The lowest BCUT2D eigenvalue weighted by molar-refractivity contribution is -0.159. The van der Waals surface area contributed by atoms with Gasteiger partial charge in [-0.15, -0.1) is 0 Å². The van der Waals surface area contributed by atoms with E-state index in [4.69, 9.17) is 4.84 Å². The summed E-state index contributed by atoms with van der Waals surface area (Å²) in [5, 5.41) is 29.9. The lowest BCUT2D eigenvalue weighted by Gasteiger charge is -2.59. The summed E-state index contributed by atoms with van der Waals surface area (Å²) >= 11 is 0. The molecule has 4 aliphatic carbocycles. The number of Topliss-reactive ketones (excluding diaryl/α,β-unsaturated/α-hetero) is 1. The molecular weight excluding hydrogens is 538 g/mol. The smallest absolute Gasteiger partial charge is 0.326 e. The second-order valence-electron chi connectivity index (χ2n) is 13.6. The molecule has 2 amide bonds. The van der Waals surface area contributed by atoms with Gasteiger partial charge in [-0.25, -0.2) is 4.79 Å². The van der Waals surface area contributed by atoms with Crippen LogP contribution in [0.3, 0.4) is 0 Å². The molecule has 10 nitrogen and oxygen atoms in total. The summed E-state index contributed by atoms with van der Waals surface area (Å²) in [7, 11) is 0. The van der Waals surface area contributed by atoms with E-state index in [0.717, 1.165) is 57.1 Å². The van der Waals surface area contributed by atoms with Crippen molar-refractivity contribution in [3.8, 4) is 0 Å². The van der Waals surface area contributed by atoms with Gasteiger partial charge in [0.2, 0.25) is 5.91 Å². The Morgan fingerprint density at radius 3 is 2.45 bits per heavy atom. The first kappa shape index (κ1) is 32.2. The molecule has 0 heterocycles. The van der Waals surface area contributed by atoms with Gasteiger partial charge in [0.15, 0.2) is 12.4 Å². The van der Waals surface area contributed by atoms with Gasteiger partial charge in [-0.1, -0.05) is 44.3 Å². The highest BCUT2D eigenvalue weighted by Gasteiger charge is 2.65. The predicted octanol–water partition coefficient (Wildman–Crippen LogP) is 3.91. The maximum absolute atomic E-state index is 12.5. The Morgan fingerprint density at radius 2 is 1.79 bits per heavy atom. The molecule has 0 saturated heterocycles. The molecule has 0 aliphatic heterocycles. The van der Waals surface area contributed by atoms with E-state index in [-0.39, 0.29) is 23.2 Å². The number of carbonyl (C=O) groups excluding carboxylic acids is 3. The lowest BCUT2D eigenvalue weighted by atomic mass is 9.46. The minimum Gasteiger partial charge on any atom is -0.480 e. The summed E-state index contributed by atoms with van der Waals surface area (Å²) in [5.74, 6) is -0.895. The highest BCUT2D eigenvalue weighted by atomic mass is 16.6. The van der Waals surface area contributed by atoms with E-state index in [1.165, 1.54) is 12.5 Å². The van der Waals surface area contributed by atoms with Gasteiger partial charge in [-0.2, -0.15) is 0 Å². The Bertz CT molecular complexity index is 1150. The molecule has 0 aromatic heterocycles. The van der Waals surface area contributed by atoms with Gasteiger partial charge in [-0.05, 0) is 101 Å². The van der Waals surface area contributed by atoms with Crippen LogP contribution in [-0.2, 0) is 24.0 Å². The Hall–Kier alpha value is -2.75. The average Bonchev–Trinajstić information content (AvgIpc) is 3.22. The number of aliphatic hydroxyl groups is 1. The Kier molecular flexibility index (Phi) is 9.55. The first-order chi connectivity index (χ1) is 19.8. The topological polar surface area (TPSA) is 154 Å². The minimum absolute atomic E-state index is 0.0469. The van der Waals surface area contributed by atoms with Crippen LogP contribution in [0.15, 0.2) is 16.8 Å². The molecule has 234 valence electrons. The SMILES string of the molecule is CCCC[C@@H](NC(=O)[C@H](C)NC(=O)CON=C1C=C2CC[C@@H]3[C@H](CC[C@@]4(C)[C@H]3CC[C@]4(O)C(C)=O)[C@@]2(C)CC1)C(=O)O. The van der Waals surface area contributed by atoms with Crippen molar-refractivity contribution in [2.24, 2.45) is 33.7 Å². The zero-order valence-corrected chi connectivity index (χ0v) is 25.8. The van der Waals surface area contributed by atoms with Crippen molar-refractivity contribution in [3.63, 3.8) is 0 Å². The van der Waals surface area contributed by atoms with Crippen molar-refractivity contribution >= 4 is 29.3 Å². The molecule has 0 aromatic rings. The molecule has 4 rings (SSSR count). The summed E-state index contributed by atoms with van der Waals surface area (Å²) in [4.78, 5) is 54.0. The molecular formula is C32H49N3O7. The molecule has 3 saturated carbocycles. The van der Waals surface area contributed by atoms with Crippen molar-refractivity contribution in [1.82, 2.24) is 10.6 Å². The van der Waals surface area contributed by atoms with E-state index in [1.54, 1.807) is 6.92 Å². The molecule has 0 aromatic carbocycles. The van der Waals surface area contributed by atoms with Crippen LogP contribution in [0.25, 0.3) is 0 Å². The van der Waals surface area contributed by atoms with E-state index >= 15 is 0 Å². The number of oxime groups is 1. The van der Waals surface area contributed by atoms with Gasteiger partial charge in [0.25, 0.3) is 5.91 Å². The van der Waals surface area contributed by atoms with Crippen LogP contribution in [0.2, 0.25) is 0 Å². The number of carboxylic acid groups (broad SMARTS) is 1. The molecule has 0 spiro atoms. The van der Waals surface area contributed by atoms with Gasteiger partial charge in [-0.3, -0.25) is 14.4 Å². The maximum Gasteiger partial charge on any atom is 0.326 e. The fourth-order valence-electron chi connectivity index (χ4n) is 8.72. The Balaban J connectivity index is 1.32. The number of rotatable bonds is 11. The molecule has 8 atom stereocenters. The van der Waals surface area contributed by atoms with Crippen molar-refractivity contribution in [3.05, 3.63) is 11.6 Å². The number of allylic oxidation sites excluding steroid dienone is 2. The zero-order chi connectivity index (χ0) is 30.9. The van der Waals surface area contributed by atoms with E-state index in [0.29, 0.717) is 37.0 Å². The summed E-state index contributed by atoms with van der Waals surface area (Å²) in [6.45, 7) is 9.14. The van der Waals surface area contributed by atoms with E-state index < -0.39 is 35.5 Å². The van der Waals surface area contributed by atoms with Gasteiger partial charge in [0.05, 0.1) is 5.71 Å². The number of amides is 2. The molecule has 0 radical (unpaired) electrons. The van der Waals surface area contributed by atoms with Gasteiger partial charge >= 0.3 is 5.97 Å². The molecule has 10 heteroatoms. The van der Waals surface area contributed by atoms with Crippen molar-refractivity contribution in [2.75, 3.05) is 6.61 Å². The minimum atomic E-state index is -1.20. The van der Waals surface area contributed by atoms with Crippen LogP contribution in [0, 0.1) is 28.6 Å². The monoisotopic (exact) mass is 587 g/mol. The molecule has 4 aliphatic rings. The van der Waals surface area contributed by atoms with E-state index in [1.807, 2.05) is 6.92 Å². The average molecular weight is 588 g/mol. The maximum atomic E-state index is 12.5. The molecule has 4 N–H and O–H groups in total. The number of nitrogens with zero attached hydrogens (tertiary/aromatic N) is 1. The van der Waals surface area contributed by atoms with E-state index in [9.17, 15) is 29.4 Å². The van der Waals surface area contributed by atoms with Gasteiger partial charge < -0.3 is 25.7 Å². The summed E-state index contributed by atoms with van der Waals surface area (Å²) in [5.41, 5.74) is 0.662. The number of nitrogens with one attached hydrogen (secondary N) is 2. The number of fused-ring (bicyclic) bond motifs is 5. The largest absolute Gasteiger partial charge is 0.480 e. The standard InChI is InChI=1S/C32H49N3O7/c1-6-7-8-26(29(39)40)34-28(38)19(2)33-27(37)18-42-35-22-11-14-30(4)21(17-22)9-10-23-24(30)12-15-31(5)25(23)13-16-32(31,41)20(3)36/h17,19,23-26,41H,6-16,18H2,1-5H3,(H,33,37)(H,34,38)(H,39,40)/t19-,23+,24-,25-,26+,30-,31-,32-/m0/s1. The Labute approximate surface area is 249 Å². The van der Waals surface area contributed by atoms with Gasteiger partial charge in [0.1, 0.15) is 17.7 Å². The number of unbranched alkanes of at least 4 members (excludes halogenated alkanes) is 1. The quantitative estimate of drug-likeness (QED) is 0.267. The molecule has 0 unspecified atom stereocenters. The highest BCUT2D eigenvalue weighted by molar-refractivity contribution is 5.96. The number of hydrogen-bond donors (Lipinski definition) is 4. The third-order valence-electron chi connectivity index (χ3n) is 11.3. The fourth-order valence-corrected chi connectivity index (χ4v) is 8.72. The van der Waals surface area contributed by atoms with Crippen molar-refractivity contribution < 1.29 is 34.2 Å². The molecule has 3 fully saturated rings. The number of hydrogen-bond acceptors (Lipinski definition) is 7. The number of aliphatic carboxylic acids is 1. The van der Waals surface area contributed by atoms with E-state index in [2.05, 4.69) is 35.7 Å². The van der Waals surface area contributed by atoms with Crippen LogP contribution in [-0.4, -0.2) is 63.8 Å². The van der Waals surface area contributed by atoms with Crippen LogP contribution < -0.4 is 10.6 Å². The fraction of sp³-hybridized carbons (Fsp3) is 0.781. The number of carbonyl (C=O) groups is 4. The Morgan fingerprint density at radius 1 is 1.07 bits per heavy atom. The number of ketones is 1. The lowest BCUT2D eigenvalue weighted by Crippen LogP contribution is -2.57.